The van der Waals surface area contributed by atoms with E-state index in [2.05, 4.69) is 22.5 Å². The van der Waals surface area contributed by atoms with Crippen molar-refractivity contribution in [2.45, 2.75) is 26.3 Å². The number of hydrogen-bond donors (Lipinski definition) is 4. The summed E-state index contributed by atoms with van der Waals surface area (Å²) in [6.07, 6.45) is 0.649. The smallest absolute Gasteiger partial charge is 0.324 e. The number of fused-ring (bicyclic) bond motifs is 1. The standard InChI is InChI=1S/C19H22N4O4S/c1-2-23-8-7-13-14(10-23)28-18(16(13)17(20)26)22-19(27)21-12-5-3-11(4-6-12)9-15(24)25/h3-6H,2,7-10H2,1H3,(H2,20,26)(H,24,25)(H2,21,22,27). The third-order valence-electron chi connectivity index (χ3n) is 4.62. The fourth-order valence-electron chi connectivity index (χ4n) is 3.22. The molecule has 3 amide bonds. The SMILES string of the molecule is CCN1CCc2c(sc(NC(=O)Nc3ccc(CC(=O)O)cc3)c2C(N)=O)C1. The number of likely N-dealkylation sites (N-methyl/N-ethyl adjacent to an activating group) is 1. The second-order valence-electron chi connectivity index (χ2n) is 6.54. The molecule has 148 valence electrons. The lowest BCUT2D eigenvalue weighted by Crippen LogP contribution is -2.30. The van der Waals surface area contributed by atoms with Crippen LogP contribution in [0.25, 0.3) is 0 Å². The van der Waals surface area contributed by atoms with Gasteiger partial charge >= 0.3 is 12.0 Å². The fourth-order valence-corrected chi connectivity index (χ4v) is 4.51. The number of carbonyl (C=O) groups excluding carboxylic acids is 2. The number of nitrogens with one attached hydrogen (secondary N) is 2. The van der Waals surface area contributed by atoms with Crippen molar-refractivity contribution in [3.63, 3.8) is 0 Å². The molecule has 0 unspecified atom stereocenters. The largest absolute Gasteiger partial charge is 0.481 e. The van der Waals surface area contributed by atoms with Crippen LogP contribution in [0, 0.1) is 0 Å². The third-order valence-corrected chi connectivity index (χ3v) is 5.76. The first kappa shape index (κ1) is 19.8. The zero-order chi connectivity index (χ0) is 20.3. The minimum atomic E-state index is -0.916. The van der Waals surface area contributed by atoms with E-state index in [1.165, 1.54) is 11.3 Å². The Bertz CT molecular complexity index is 907. The van der Waals surface area contributed by atoms with Gasteiger partial charge in [0.1, 0.15) is 5.00 Å². The molecule has 0 aliphatic carbocycles. The molecule has 1 aromatic heterocycles. The number of primary amides is 1. The number of anilines is 2. The van der Waals surface area contributed by atoms with Crippen LogP contribution in [0.5, 0.6) is 0 Å². The predicted molar refractivity (Wildman–Crippen MR) is 108 cm³/mol. The number of carboxylic acids is 1. The van der Waals surface area contributed by atoms with Crippen LogP contribution in [-0.2, 0) is 24.2 Å². The van der Waals surface area contributed by atoms with Crippen LogP contribution in [0.15, 0.2) is 24.3 Å². The van der Waals surface area contributed by atoms with Gasteiger partial charge in [0, 0.05) is 23.7 Å². The summed E-state index contributed by atoms with van der Waals surface area (Å²) in [5, 5.41) is 14.7. The number of benzene rings is 1. The molecule has 9 heteroatoms. The molecule has 0 saturated carbocycles. The van der Waals surface area contributed by atoms with Crippen molar-refractivity contribution in [1.82, 2.24) is 4.90 Å². The Hall–Kier alpha value is -2.91. The van der Waals surface area contributed by atoms with Gasteiger partial charge in [-0.25, -0.2) is 4.79 Å². The summed E-state index contributed by atoms with van der Waals surface area (Å²) < 4.78 is 0. The van der Waals surface area contributed by atoms with Crippen molar-refractivity contribution in [1.29, 1.82) is 0 Å². The summed E-state index contributed by atoms with van der Waals surface area (Å²) in [6.45, 7) is 4.60. The van der Waals surface area contributed by atoms with Crippen LogP contribution in [-0.4, -0.2) is 41.0 Å². The van der Waals surface area contributed by atoms with Crippen molar-refractivity contribution in [3.8, 4) is 0 Å². The van der Waals surface area contributed by atoms with E-state index in [4.69, 9.17) is 10.8 Å². The Kier molecular flexibility index (Phi) is 5.96. The minimum Gasteiger partial charge on any atom is -0.481 e. The van der Waals surface area contributed by atoms with Crippen LogP contribution in [0.4, 0.5) is 15.5 Å². The highest BCUT2D eigenvalue weighted by Crippen LogP contribution is 2.36. The number of rotatable bonds is 6. The lowest BCUT2D eigenvalue weighted by atomic mass is 10.0. The van der Waals surface area contributed by atoms with Gasteiger partial charge in [-0.15, -0.1) is 11.3 Å². The molecule has 2 heterocycles. The first-order valence-corrected chi connectivity index (χ1v) is 9.74. The Balaban J connectivity index is 1.72. The van der Waals surface area contributed by atoms with Crippen molar-refractivity contribution in [3.05, 3.63) is 45.8 Å². The number of hydrogen-bond acceptors (Lipinski definition) is 5. The molecule has 28 heavy (non-hydrogen) atoms. The zero-order valence-electron chi connectivity index (χ0n) is 15.4. The fraction of sp³-hybridized carbons (Fsp3) is 0.316. The first-order chi connectivity index (χ1) is 13.4. The van der Waals surface area contributed by atoms with E-state index < -0.39 is 17.9 Å². The van der Waals surface area contributed by atoms with E-state index >= 15 is 0 Å². The molecule has 8 nitrogen and oxygen atoms in total. The monoisotopic (exact) mass is 402 g/mol. The van der Waals surface area contributed by atoms with Crippen LogP contribution in [0.2, 0.25) is 0 Å². The summed E-state index contributed by atoms with van der Waals surface area (Å²) in [4.78, 5) is 38.4. The highest BCUT2D eigenvalue weighted by molar-refractivity contribution is 7.17. The number of aliphatic carboxylic acids is 1. The van der Waals surface area contributed by atoms with Gasteiger partial charge in [-0.3, -0.25) is 19.8 Å². The lowest BCUT2D eigenvalue weighted by molar-refractivity contribution is -0.136. The summed E-state index contributed by atoms with van der Waals surface area (Å²) >= 11 is 1.38. The van der Waals surface area contributed by atoms with E-state index in [0.29, 0.717) is 21.8 Å². The number of urea groups is 1. The Morgan fingerprint density at radius 2 is 1.93 bits per heavy atom. The molecule has 2 aromatic rings. The van der Waals surface area contributed by atoms with Gasteiger partial charge in [-0.2, -0.15) is 0 Å². The molecule has 1 aliphatic heterocycles. The number of nitrogens with zero attached hydrogens (tertiary/aromatic N) is 1. The van der Waals surface area contributed by atoms with Crippen molar-refractivity contribution >= 4 is 39.9 Å². The molecule has 0 atom stereocenters. The predicted octanol–water partition coefficient (Wildman–Crippen LogP) is 2.50. The van der Waals surface area contributed by atoms with Crippen LogP contribution in [0.3, 0.4) is 0 Å². The molecular formula is C19H22N4O4S. The van der Waals surface area contributed by atoms with Gasteiger partial charge in [0.15, 0.2) is 0 Å². The average Bonchev–Trinajstić information content (AvgIpc) is 2.99. The van der Waals surface area contributed by atoms with Gasteiger partial charge in [-0.1, -0.05) is 19.1 Å². The molecule has 5 N–H and O–H groups in total. The van der Waals surface area contributed by atoms with Gasteiger partial charge in [0.2, 0.25) is 0 Å². The van der Waals surface area contributed by atoms with Gasteiger partial charge in [0.25, 0.3) is 5.91 Å². The minimum absolute atomic E-state index is 0.0794. The maximum Gasteiger partial charge on any atom is 0.324 e. The third kappa shape index (κ3) is 4.49. The summed E-state index contributed by atoms with van der Waals surface area (Å²) in [7, 11) is 0. The highest BCUT2D eigenvalue weighted by Gasteiger charge is 2.27. The van der Waals surface area contributed by atoms with Crippen molar-refractivity contribution in [2.75, 3.05) is 23.7 Å². The summed E-state index contributed by atoms with van der Waals surface area (Å²) in [6, 6.07) is 6.06. The first-order valence-electron chi connectivity index (χ1n) is 8.92. The van der Waals surface area contributed by atoms with Gasteiger partial charge < -0.3 is 16.2 Å². The maximum absolute atomic E-state index is 12.4. The normalized spacial score (nSPS) is 13.6. The molecule has 0 bridgehead atoms. The Morgan fingerprint density at radius 1 is 1.21 bits per heavy atom. The number of carbonyl (C=O) groups is 3. The number of thiophene rings is 1. The van der Waals surface area contributed by atoms with Gasteiger partial charge in [0.05, 0.1) is 12.0 Å². The van der Waals surface area contributed by atoms with E-state index in [0.717, 1.165) is 36.5 Å². The summed E-state index contributed by atoms with van der Waals surface area (Å²) in [5.41, 5.74) is 8.05. The quantitative estimate of drug-likeness (QED) is 0.591. The highest BCUT2D eigenvalue weighted by atomic mass is 32.1. The van der Waals surface area contributed by atoms with E-state index in [1.54, 1.807) is 24.3 Å². The topological polar surface area (TPSA) is 125 Å². The average molecular weight is 402 g/mol. The second kappa shape index (κ2) is 8.41. The lowest BCUT2D eigenvalue weighted by Gasteiger charge is -2.25. The molecule has 0 saturated heterocycles. The van der Waals surface area contributed by atoms with E-state index in [1.807, 2.05) is 0 Å². The number of carboxylic acid groups (broad SMARTS) is 1. The second-order valence-corrected chi connectivity index (χ2v) is 7.64. The van der Waals surface area contributed by atoms with Crippen molar-refractivity contribution in [2.24, 2.45) is 5.73 Å². The van der Waals surface area contributed by atoms with Crippen LogP contribution < -0.4 is 16.4 Å². The molecular weight excluding hydrogens is 380 g/mol. The Labute approximate surface area is 166 Å². The molecule has 0 radical (unpaired) electrons. The molecule has 3 rings (SSSR count). The summed E-state index contributed by atoms with van der Waals surface area (Å²) in [5.74, 6) is -1.46. The molecule has 0 fully saturated rings. The van der Waals surface area contributed by atoms with E-state index in [-0.39, 0.29) is 6.42 Å². The van der Waals surface area contributed by atoms with Crippen LogP contribution in [0.1, 0.15) is 33.3 Å². The van der Waals surface area contributed by atoms with Crippen LogP contribution >= 0.6 is 11.3 Å². The maximum atomic E-state index is 12.4. The molecule has 1 aliphatic rings. The molecule has 0 spiro atoms. The number of nitrogens with two attached hydrogens (primary N) is 1. The van der Waals surface area contributed by atoms with E-state index in [9.17, 15) is 14.4 Å². The number of amides is 3. The Morgan fingerprint density at radius 3 is 2.54 bits per heavy atom. The van der Waals surface area contributed by atoms with Crippen molar-refractivity contribution < 1.29 is 19.5 Å². The van der Waals surface area contributed by atoms with Gasteiger partial charge in [-0.05, 0) is 36.2 Å². The zero-order valence-corrected chi connectivity index (χ0v) is 16.3. The molecule has 1 aromatic carbocycles.